The molecular weight excluding hydrogens is 224 g/mol. The monoisotopic (exact) mass is 240 g/mol. The highest BCUT2D eigenvalue weighted by atomic mass is 35.5. The summed E-state index contributed by atoms with van der Waals surface area (Å²) in [5.41, 5.74) is 3.92. The number of hydrogen-bond acceptors (Lipinski definition) is 3. The van der Waals surface area contributed by atoms with E-state index < -0.39 is 0 Å². The Morgan fingerprint density at radius 1 is 1.50 bits per heavy atom. The zero-order valence-corrected chi connectivity index (χ0v) is 10.1. The predicted octanol–water partition coefficient (Wildman–Crippen LogP) is 2.27. The molecule has 4 heteroatoms. The summed E-state index contributed by atoms with van der Waals surface area (Å²) in [4.78, 5) is 0. The standard InChI is InChI=1S/C12H17ClN2O/c1-8-9(6-7-16-8)12(15-14)10-4-2-3-5-11(10)13/h2-5,8-9,12,15H,6-7,14H2,1H3. The second-order valence-corrected chi connectivity index (χ2v) is 4.60. The fraction of sp³-hybridized carbons (Fsp3) is 0.500. The number of hydrogen-bond donors (Lipinski definition) is 2. The largest absolute Gasteiger partial charge is 0.378 e. The van der Waals surface area contributed by atoms with Crippen molar-refractivity contribution in [1.82, 2.24) is 5.43 Å². The number of halogens is 1. The van der Waals surface area contributed by atoms with Crippen molar-refractivity contribution in [2.45, 2.75) is 25.5 Å². The molecule has 2 rings (SSSR count). The fourth-order valence-corrected chi connectivity index (χ4v) is 2.61. The molecular formula is C12H17ClN2O. The molecule has 3 unspecified atom stereocenters. The van der Waals surface area contributed by atoms with Gasteiger partial charge in [0.25, 0.3) is 0 Å². The van der Waals surface area contributed by atoms with Gasteiger partial charge in [0.05, 0.1) is 12.1 Å². The van der Waals surface area contributed by atoms with Crippen LogP contribution < -0.4 is 11.3 Å². The van der Waals surface area contributed by atoms with Gasteiger partial charge in [0.2, 0.25) is 0 Å². The van der Waals surface area contributed by atoms with Crippen molar-refractivity contribution in [3.8, 4) is 0 Å². The summed E-state index contributed by atoms with van der Waals surface area (Å²) >= 11 is 6.19. The molecule has 3 N–H and O–H groups in total. The molecule has 3 nitrogen and oxygen atoms in total. The van der Waals surface area contributed by atoms with Crippen LogP contribution in [0.3, 0.4) is 0 Å². The molecule has 0 radical (unpaired) electrons. The van der Waals surface area contributed by atoms with E-state index in [9.17, 15) is 0 Å². The lowest BCUT2D eigenvalue weighted by Gasteiger charge is -2.26. The average molecular weight is 241 g/mol. The molecule has 1 aromatic rings. The highest BCUT2D eigenvalue weighted by molar-refractivity contribution is 6.31. The first-order valence-electron chi connectivity index (χ1n) is 5.56. The molecule has 0 saturated carbocycles. The van der Waals surface area contributed by atoms with E-state index in [2.05, 4.69) is 12.3 Å². The Kier molecular flexibility index (Phi) is 3.82. The van der Waals surface area contributed by atoms with Gasteiger partial charge in [0.1, 0.15) is 0 Å². The van der Waals surface area contributed by atoms with E-state index in [0.29, 0.717) is 5.92 Å². The zero-order valence-electron chi connectivity index (χ0n) is 9.32. The van der Waals surface area contributed by atoms with E-state index in [1.807, 2.05) is 24.3 Å². The predicted molar refractivity (Wildman–Crippen MR) is 65.0 cm³/mol. The summed E-state index contributed by atoms with van der Waals surface area (Å²) in [6.45, 7) is 2.88. The van der Waals surface area contributed by atoms with Gasteiger partial charge in [0, 0.05) is 17.5 Å². The van der Waals surface area contributed by atoms with E-state index >= 15 is 0 Å². The molecule has 0 aliphatic carbocycles. The van der Waals surface area contributed by atoms with Gasteiger partial charge in [-0.2, -0.15) is 0 Å². The van der Waals surface area contributed by atoms with Crippen LogP contribution in [0.4, 0.5) is 0 Å². The number of rotatable bonds is 3. The minimum Gasteiger partial charge on any atom is -0.378 e. The van der Waals surface area contributed by atoms with Gasteiger partial charge in [-0.05, 0) is 25.0 Å². The van der Waals surface area contributed by atoms with Crippen molar-refractivity contribution in [2.24, 2.45) is 11.8 Å². The van der Waals surface area contributed by atoms with Crippen LogP contribution in [0.2, 0.25) is 5.02 Å². The molecule has 1 aromatic carbocycles. The molecule has 0 aromatic heterocycles. The first-order chi connectivity index (χ1) is 7.74. The highest BCUT2D eigenvalue weighted by Gasteiger charge is 2.33. The maximum absolute atomic E-state index is 6.19. The molecule has 0 spiro atoms. The lowest BCUT2D eigenvalue weighted by molar-refractivity contribution is 0.0954. The summed E-state index contributed by atoms with van der Waals surface area (Å²) in [5.74, 6) is 6.03. The van der Waals surface area contributed by atoms with Crippen molar-refractivity contribution in [2.75, 3.05) is 6.61 Å². The van der Waals surface area contributed by atoms with E-state index in [1.54, 1.807) is 0 Å². The van der Waals surface area contributed by atoms with E-state index in [1.165, 1.54) is 0 Å². The summed E-state index contributed by atoms with van der Waals surface area (Å²) in [7, 11) is 0. The first kappa shape index (κ1) is 11.9. The third-order valence-corrected chi connectivity index (χ3v) is 3.63. The van der Waals surface area contributed by atoms with Crippen molar-refractivity contribution >= 4 is 11.6 Å². The highest BCUT2D eigenvalue weighted by Crippen LogP contribution is 2.35. The Hall–Kier alpha value is -0.610. The maximum Gasteiger partial charge on any atom is 0.0594 e. The number of benzene rings is 1. The summed E-state index contributed by atoms with van der Waals surface area (Å²) < 4.78 is 5.57. The third kappa shape index (κ3) is 2.23. The van der Waals surface area contributed by atoms with Gasteiger partial charge in [0.15, 0.2) is 0 Å². The van der Waals surface area contributed by atoms with Crippen LogP contribution in [0.1, 0.15) is 24.9 Å². The van der Waals surface area contributed by atoms with Crippen molar-refractivity contribution < 1.29 is 4.74 Å². The van der Waals surface area contributed by atoms with Crippen molar-refractivity contribution in [3.63, 3.8) is 0 Å². The normalized spacial score (nSPS) is 26.9. The molecule has 16 heavy (non-hydrogen) atoms. The van der Waals surface area contributed by atoms with Crippen LogP contribution in [-0.4, -0.2) is 12.7 Å². The topological polar surface area (TPSA) is 47.3 Å². The van der Waals surface area contributed by atoms with Gasteiger partial charge in [-0.15, -0.1) is 0 Å². The first-order valence-corrected chi connectivity index (χ1v) is 5.94. The van der Waals surface area contributed by atoms with Crippen LogP contribution in [0.15, 0.2) is 24.3 Å². The van der Waals surface area contributed by atoms with E-state index in [4.69, 9.17) is 22.2 Å². The molecule has 3 atom stereocenters. The van der Waals surface area contributed by atoms with Gasteiger partial charge >= 0.3 is 0 Å². The lowest BCUT2D eigenvalue weighted by Crippen LogP contribution is -2.36. The van der Waals surface area contributed by atoms with Crippen LogP contribution >= 0.6 is 11.6 Å². The molecule has 1 saturated heterocycles. The van der Waals surface area contributed by atoms with Crippen LogP contribution in [-0.2, 0) is 4.74 Å². The Balaban J connectivity index is 2.25. The second-order valence-electron chi connectivity index (χ2n) is 4.19. The van der Waals surface area contributed by atoms with Gasteiger partial charge in [-0.25, -0.2) is 0 Å². The number of hydrazine groups is 1. The van der Waals surface area contributed by atoms with Gasteiger partial charge in [-0.3, -0.25) is 11.3 Å². The molecule has 88 valence electrons. The smallest absolute Gasteiger partial charge is 0.0594 e. The zero-order chi connectivity index (χ0) is 11.5. The summed E-state index contributed by atoms with van der Waals surface area (Å²) in [6.07, 6.45) is 1.23. The fourth-order valence-electron chi connectivity index (χ4n) is 2.36. The van der Waals surface area contributed by atoms with Crippen LogP contribution in [0, 0.1) is 5.92 Å². The minimum atomic E-state index is 0.0613. The number of nitrogens with two attached hydrogens (primary N) is 1. The van der Waals surface area contributed by atoms with Crippen molar-refractivity contribution in [1.29, 1.82) is 0 Å². The Bertz CT molecular complexity index is 359. The molecule has 0 bridgehead atoms. The minimum absolute atomic E-state index is 0.0613. The third-order valence-electron chi connectivity index (χ3n) is 3.28. The SMILES string of the molecule is CC1OCCC1C(NN)c1ccccc1Cl. The van der Waals surface area contributed by atoms with Gasteiger partial charge in [-0.1, -0.05) is 29.8 Å². The lowest BCUT2D eigenvalue weighted by atomic mass is 9.89. The quantitative estimate of drug-likeness (QED) is 0.630. The Morgan fingerprint density at radius 3 is 2.81 bits per heavy atom. The van der Waals surface area contributed by atoms with E-state index in [0.717, 1.165) is 23.6 Å². The van der Waals surface area contributed by atoms with Crippen LogP contribution in [0.25, 0.3) is 0 Å². The van der Waals surface area contributed by atoms with Crippen LogP contribution in [0.5, 0.6) is 0 Å². The Labute approximate surface area is 101 Å². The molecule has 1 fully saturated rings. The van der Waals surface area contributed by atoms with Gasteiger partial charge < -0.3 is 4.74 Å². The average Bonchev–Trinajstić information content (AvgIpc) is 2.69. The van der Waals surface area contributed by atoms with E-state index in [-0.39, 0.29) is 12.1 Å². The molecule has 0 amide bonds. The molecule has 1 aliphatic rings. The maximum atomic E-state index is 6.19. The Morgan fingerprint density at radius 2 is 2.25 bits per heavy atom. The molecule has 1 heterocycles. The molecule has 1 aliphatic heterocycles. The number of ether oxygens (including phenoxy) is 1. The summed E-state index contributed by atoms with van der Waals surface area (Å²) in [5, 5.41) is 0.754. The number of nitrogens with one attached hydrogen (secondary N) is 1. The second kappa shape index (κ2) is 5.15. The summed E-state index contributed by atoms with van der Waals surface area (Å²) in [6, 6.07) is 7.87. The van der Waals surface area contributed by atoms with Crippen molar-refractivity contribution in [3.05, 3.63) is 34.9 Å².